The van der Waals surface area contributed by atoms with Gasteiger partial charge in [0.05, 0.1) is 12.7 Å². The minimum atomic E-state index is -0.978. The second-order valence-corrected chi connectivity index (χ2v) is 4.93. The summed E-state index contributed by atoms with van der Waals surface area (Å²) in [6.45, 7) is 3.30. The molecule has 0 amide bonds. The van der Waals surface area contributed by atoms with E-state index in [1.807, 2.05) is 6.92 Å². The number of methoxy groups -OCH3 is 1. The van der Waals surface area contributed by atoms with Crippen molar-refractivity contribution in [3.63, 3.8) is 0 Å². The summed E-state index contributed by atoms with van der Waals surface area (Å²) >= 11 is 0. The van der Waals surface area contributed by atoms with Gasteiger partial charge in [0, 0.05) is 0 Å². The normalized spacial score (nSPS) is 10.3. The average molecular weight is 322 g/mol. The Morgan fingerprint density at radius 3 is 2.43 bits per heavy atom. The summed E-state index contributed by atoms with van der Waals surface area (Å²) in [5.41, 5.74) is 1.63. The van der Waals surface area contributed by atoms with Crippen LogP contribution >= 0.6 is 0 Å². The van der Waals surface area contributed by atoms with Gasteiger partial charge in [-0.3, -0.25) is 0 Å². The predicted molar refractivity (Wildman–Crippen MR) is 79.6 cm³/mol. The molecular weight excluding hydrogens is 306 g/mol. The Hall–Kier alpha value is -2.63. The quantitative estimate of drug-likeness (QED) is 0.622. The molecule has 0 atom stereocenters. The maximum atomic E-state index is 13.9. The molecule has 0 spiro atoms. The fraction of sp³-hybridized carbons (Fsp3) is 0.235. The van der Waals surface area contributed by atoms with Crippen molar-refractivity contribution in [1.82, 2.24) is 0 Å². The van der Waals surface area contributed by atoms with Crippen LogP contribution in [0.15, 0.2) is 30.3 Å². The fourth-order valence-corrected chi connectivity index (χ4v) is 1.92. The maximum absolute atomic E-state index is 13.9. The van der Waals surface area contributed by atoms with Crippen LogP contribution in [0.1, 0.15) is 16.7 Å². The molecule has 0 saturated carbocycles. The Morgan fingerprint density at radius 1 is 1.04 bits per heavy atom. The molecule has 122 valence electrons. The van der Waals surface area contributed by atoms with E-state index in [0.29, 0.717) is 0 Å². The van der Waals surface area contributed by atoms with Crippen molar-refractivity contribution in [2.24, 2.45) is 0 Å². The lowest BCUT2D eigenvalue weighted by molar-refractivity contribution is 0.120. The molecule has 0 aliphatic carbocycles. The first kappa shape index (κ1) is 16.7. The molecule has 4 nitrogen and oxygen atoms in total. The van der Waals surface area contributed by atoms with Crippen molar-refractivity contribution in [3.8, 4) is 11.5 Å². The van der Waals surface area contributed by atoms with Gasteiger partial charge in [0.15, 0.2) is 11.6 Å². The van der Waals surface area contributed by atoms with Crippen molar-refractivity contribution >= 4 is 6.16 Å². The van der Waals surface area contributed by atoms with Crippen LogP contribution in [0, 0.1) is 25.5 Å². The van der Waals surface area contributed by atoms with Crippen LogP contribution < -0.4 is 9.47 Å². The number of aryl methyl sites for hydroxylation is 2. The van der Waals surface area contributed by atoms with E-state index in [1.54, 1.807) is 6.92 Å². The molecule has 2 aromatic rings. The second-order valence-electron chi connectivity index (χ2n) is 4.93. The van der Waals surface area contributed by atoms with Crippen LogP contribution in [0.2, 0.25) is 0 Å². The summed E-state index contributed by atoms with van der Waals surface area (Å²) in [5, 5.41) is 0. The van der Waals surface area contributed by atoms with E-state index in [1.165, 1.54) is 30.3 Å². The Labute approximate surface area is 132 Å². The monoisotopic (exact) mass is 322 g/mol. The summed E-state index contributed by atoms with van der Waals surface area (Å²) in [6, 6.07) is 6.85. The van der Waals surface area contributed by atoms with Gasteiger partial charge in [0.2, 0.25) is 0 Å². The highest BCUT2D eigenvalue weighted by Gasteiger charge is 2.15. The highest BCUT2D eigenvalue weighted by atomic mass is 19.1. The van der Waals surface area contributed by atoms with Crippen molar-refractivity contribution < 1.29 is 27.8 Å². The van der Waals surface area contributed by atoms with Crippen LogP contribution in [-0.4, -0.2) is 13.3 Å². The molecule has 0 aliphatic rings. The molecule has 0 unspecified atom stereocenters. The third-order valence-corrected chi connectivity index (χ3v) is 3.36. The molecule has 23 heavy (non-hydrogen) atoms. The van der Waals surface area contributed by atoms with Crippen molar-refractivity contribution in [1.29, 1.82) is 0 Å². The Bertz CT molecular complexity index is 729. The molecule has 0 heterocycles. The van der Waals surface area contributed by atoms with Gasteiger partial charge in [0.25, 0.3) is 0 Å². The van der Waals surface area contributed by atoms with Crippen LogP contribution in [0.3, 0.4) is 0 Å². The van der Waals surface area contributed by atoms with Crippen LogP contribution in [-0.2, 0) is 11.3 Å². The zero-order valence-corrected chi connectivity index (χ0v) is 13.0. The number of carbonyl (C=O) groups excluding carboxylic acids is 1. The molecule has 0 aromatic heterocycles. The first-order valence-electron chi connectivity index (χ1n) is 6.85. The van der Waals surface area contributed by atoms with Gasteiger partial charge in [-0.05, 0) is 49.2 Å². The lowest BCUT2D eigenvalue weighted by Crippen LogP contribution is -2.11. The third kappa shape index (κ3) is 3.97. The number of ether oxygens (including phenoxy) is 3. The smallest absolute Gasteiger partial charge is 0.486 e. The zero-order chi connectivity index (χ0) is 17.0. The van der Waals surface area contributed by atoms with Crippen molar-refractivity contribution in [2.45, 2.75) is 20.5 Å². The van der Waals surface area contributed by atoms with Crippen molar-refractivity contribution in [2.75, 3.05) is 7.11 Å². The van der Waals surface area contributed by atoms with E-state index < -0.39 is 17.8 Å². The molecule has 0 fully saturated rings. The molecular formula is C17H16F2O4. The van der Waals surface area contributed by atoms with Crippen molar-refractivity contribution in [3.05, 3.63) is 58.7 Å². The Morgan fingerprint density at radius 2 is 1.74 bits per heavy atom. The standard InChI is InChI=1S/C17H16F2O4/c1-10-7-14(19)16(8-11(10)2)22-9-12-13(18)5-4-6-15(12)23-17(20)21-3/h4-8H,9H2,1-3H3. The van der Waals surface area contributed by atoms with Gasteiger partial charge < -0.3 is 14.2 Å². The second kappa shape index (κ2) is 7.09. The summed E-state index contributed by atoms with van der Waals surface area (Å²) in [4.78, 5) is 11.2. The lowest BCUT2D eigenvalue weighted by atomic mass is 10.1. The molecule has 0 saturated heterocycles. The number of benzene rings is 2. The molecule has 0 aliphatic heterocycles. The van der Waals surface area contributed by atoms with Crippen LogP contribution in [0.5, 0.6) is 11.5 Å². The van der Waals surface area contributed by atoms with Gasteiger partial charge >= 0.3 is 6.16 Å². The molecule has 0 N–H and O–H groups in total. The Kier molecular flexibility index (Phi) is 5.16. The fourth-order valence-electron chi connectivity index (χ4n) is 1.92. The number of halogens is 2. The van der Waals surface area contributed by atoms with E-state index >= 15 is 0 Å². The van der Waals surface area contributed by atoms with Gasteiger partial charge in [0.1, 0.15) is 18.2 Å². The topological polar surface area (TPSA) is 44.8 Å². The Balaban J connectivity index is 2.23. The SMILES string of the molecule is COC(=O)Oc1cccc(F)c1COc1cc(C)c(C)cc1F. The van der Waals surface area contributed by atoms with E-state index in [2.05, 4.69) is 4.74 Å². The van der Waals surface area contributed by atoms with E-state index in [9.17, 15) is 13.6 Å². The minimum Gasteiger partial charge on any atom is -0.486 e. The zero-order valence-electron chi connectivity index (χ0n) is 13.0. The molecule has 2 rings (SSSR count). The van der Waals surface area contributed by atoms with E-state index in [-0.39, 0.29) is 23.7 Å². The number of hydrogen-bond donors (Lipinski definition) is 0. The van der Waals surface area contributed by atoms with Gasteiger partial charge in [-0.25, -0.2) is 13.6 Å². The highest BCUT2D eigenvalue weighted by Crippen LogP contribution is 2.26. The lowest BCUT2D eigenvalue weighted by Gasteiger charge is -2.13. The van der Waals surface area contributed by atoms with E-state index in [4.69, 9.17) is 9.47 Å². The summed E-state index contributed by atoms with van der Waals surface area (Å²) in [6.07, 6.45) is -0.978. The van der Waals surface area contributed by atoms with Gasteiger partial charge in [-0.1, -0.05) is 6.07 Å². The number of carbonyl (C=O) groups is 1. The predicted octanol–water partition coefficient (Wildman–Crippen LogP) is 4.31. The number of rotatable bonds is 4. The minimum absolute atomic E-state index is 0.000344. The molecule has 6 heteroatoms. The average Bonchev–Trinajstić information content (AvgIpc) is 2.51. The summed E-state index contributed by atoms with van der Waals surface area (Å²) in [7, 11) is 1.14. The first-order valence-corrected chi connectivity index (χ1v) is 6.85. The third-order valence-electron chi connectivity index (χ3n) is 3.36. The molecule has 0 bridgehead atoms. The van der Waals surface area contributed by atoms with Crippen LogP contribution in [0.4, 0.5) is 13.6 Å². The summed E-state index contributed by atoms with van der Waals surface area (Å²) in [5.74, 6) is -1.21. The number of hydrogen-bond acceptors (Lipinski definition) is 4. The highest BCUT2D eigenvalue weighted by molar-refractivity contribution is 5.64. The van der Waals surface area contributed by atoms with Gasteiger partial charge in [-0.15, -0.1) is 0 Å². The maximum Gasteiger partial charge on any atom is 0.513 e. The molecule has 2 aromatic carbocycles. The first-order chi connectivity index (χ1) is 10.9. The molecule has 0 radical (unpaired) electrons. The summed E-state index contributed by atoms with van der Waals surface area (Å²) < 4.78 is 42.4. The van der Waals surface area contributed by atoms with Gasteiger partial charge in [-0.2, -0.15) is 0 Å². The largest absolute Gasteiger partial charge is 0.513 e. The van der Waals surface area contributed by atoms with E-state index in [0.717, 1.165) is 18.2 Å². The van der Waals surface area contributed by atoms with Crippen LogP contribution in [0.25, 0.3) is 0 Å².